The number of hydrogen-bond donors (Lipinski definition) is 2. The van der Waals surface area contributed by atoms with E-state index in [0.29, 0.717) is 43.0 Å². The monoisotopic (exact) mass is 588 g/mol. The summed E-state index contributed by atoms with van der Waals surface area (Å²) in [7, 11) is -3.61. The largest absolute Gasteiger partial charge is 0.379 e. The lowest BCUT2D eigenvalue weighted by Crippen LogP contribution is -2.40. The summed E-state index contributed by atoms with van der Waals surface area (Å²) in [6, 6.07) is 24.0. The molecule has 0 bridgehead atoms. The van der Waals surface area contributed by atoms with Gasteiger partial charge in [0.05, 0.1) is 23.4 Å². The molecule has 2 aromatic heterocycles. The molecule has 0 radical (unpaired) electrons. The fraction of sp³-hybridized carbons (Fsp3) is 0.207. The Bertz CT molecular complexity index is 1780. The van der Waals surface area contributed by atoms with Crippen LogP contribution in [0.5, 0.6) is 0 Å². The fourth-order valence-corrected chi connectivity index (χ4v) is 6.96. The van der Waals surface area contributed by atoms with Gasteiger partial charge in [0.1, 0.15) is 0 Å². The van der Waals surface area contributed by atoms with E-state index in [9.17, 15) is 13.2 Å². The van der Waals surface area contributed by atoms with Gasteiger partial charge in [-0.3, -0.25) is 9.36 Å². The molecule has 41 heavy (non-hydrogen) atoms. The Kier molecular flexibility index (Phi) is 7.63. The van der Waals surface area contributed by atoms with E-state index in [1.54, 1.807) is 19.1 Å². The molecule has 0 spiro atoms. The second kappa shape index (κ2) is 11.5. The number of aromatic amines is 1. The number of H-pyrrole nitrogens is 1. The van der Waals surface area contributed by atoms with Gasteiger partial charge >= 0.3 is 0 Å². The number of nitrogens with zero attached hydrogens (tertiary/aromatic N) is 4. The summed E-state index contributed by atoms with van der Waals surface area (Å²) in [4.78, 5) is 16.6. The third-order valence-electron chi connectivity index (χ3n) is 6.86. The number of fused-ring (bicyclic) bond motifs is 1. The van der Waals surface area contributed by atoms with E-state index in [-0.39, 0.29) is 10.8 Å². The molecule has 1 aliphatic rings. The number of carbonyl (C=O) groups is 1. The summed E-state index contributed by atoms with van der Waals surface area (Å²) in [5.41, 5.74) is 3.29. The first-order chi connectivity index (χ1) is 19.9. The Morgan fingerprint density at radius 3 is 2.44 bits per heavy atom. The topological polar surface area (TPSA) is 122 Å². The zero-order valence-electron chi connectivity index (χ0n) is 22.2. The van der Waals surface area contributed by atoms with Crippen molar-refractivity contribution < 1.29 is 17.9 Å². The number of para-hydroxylation sites is 2. The summed E-state index contributed by atoms with van der Waals surface area (Å²) >= 11 is 1.29. The number of anilines is 1. The molecule has 12 heteroatoms. The second-order valence-corrected chi connectivity index (χ2v) is 12.8. The molecule has 3 heterocycles. The predicted molar refractivity (Wildman–Crippen MR) is 159 cm³/mol. The smallest absolute Gasteiger partial charge is 0.243 e. The lowest BCUT2D eigenvalue weighted by molar-refractivity contribution is -0.115. The van der Waals surface area contributed by atoms with Crippen LogP contribution in [0.25, 0.3) is 28.0 Å². The number of ether oxygens (including phenoxy) is 1. The van der Waals surface area contributed by atoms with Crippen LogP contribution in [0.1, 0.15) is 6.92 Å². The van der Waals surface area contributed by atoms with Crippen LogP contribution in [-0.2, 0) is 19.6 Å². The maximum atomic E-state index is 13.2. The Hall–Kier alpha value is -3.97. The van der Waals surface area contributed by atoms with Crippen molar-refractivity contribution in [2.45, 2.75) is 22.2 Å². The average molecular weight is 589 g/mol. The van der Waals surface area contributed by atoms with Gasteiger partial charge in [-0.2, -0.15) is 4.31 Å². The lowest BCUT2D eigenvalue weighted by atomic mass is 10.1. The molecular formula is C29H28N6O4S2. The third-order valence-corrected chi connectivity index (χ3v) is 9.81. The first kappa shape index (κ1) is 27.2. The molecule has 1 atom stereocenters. The van der Waals surface area contributed by atoms with Gasteiger partial charge in [-0.25, -0.2) is 8.42 Å². The molecule has 6 rings (SSSR count). The molecule has 0 aliphatic carbocycles. The zero-order valence-corrected chi connectivity index (χ0v) is 23.9. The van der Waals surface area contributed by atoms with Gasteiger partial charge in [0.15, 0.2) is 11.0 Å². The van der Waals surface area contributed by atoms with Crippen molar-refractivity contribution in [3.05, 3.63) is 85.1 Å². The van der Waals surface area contributed by atoms with E-state index >= 15 is 0 Å². The minimum Gasteiger partial charge on any atom is -0.379 e. The number of morpholine rings is 1. The molecule has 210 valence electrons. The van der Waals surface area contributed by atoms with Crippen molar-refractivity contribution in [1.82, 2.24) is 24.1 Å². The molecule has 10 nitrogen and oxygen atoms in total. The van der Waals surface area contributed by atoms with Gasteiger partial charge in [-0.15, -0.1) is 10.2 Å². The van der Waals surface area contributed by atoms with Gasteiger partial charge in [0.2, 0.25) is 15.9 Å². The highest BCUT2D eigenvalue weighted by Crippen LogP contribution is 2.34. The van der Waals surface area contributed by atoms with Crippen molar-refractivity contribution in [2.75, 3.05) is 31.6 Å². The fourth-order valence-electron chi connectivity index (χ4n) is 4.69. The number of carbonyl (C=O) groups excluding carboxylic acids is 1. The number of sulfonamides is 1. The van der Waals surface area contributed by atoms with Crippen molar-refractivity contribution in [3.8, 4) is 17.1 Å². The first-order valence-corrected chi connectivity index (χ1v) is 15.5. The van der Waals surface area contributed by atoms with Crippen LogP contribution in [0.4, 0.5) is 5.69 Å². The molecule has 2 N–H and O–H groups in total. The van der Waals surface area contributed by atoms with Gasteiger partial charge in [0, 0.05) is 47.1 Å². The lowest BCUT2D eigenvalue weighted by Gasteiger charge is -2.26. The molecule has 1 amide bonds. The number of nitrogens with one attached hydrogen (secondary N) is 2. The third kappa shape index (κ3) is 5.51. The van der Waals surface area contributed by atoms with E-state index < -0.39 is 15.3 Å². The Morgan fingerprint density at radius 2 is 1.68 bits per heavy atom. The van der Waals surface area contributed by atoms with Crippen LogP contribution in [0.15, 0.2) is 95.1 Å². The predicted octanol–water partition coefficient (Wildman–Crippen LogP) is 4.56. The number of rotatable bonds is 8. The van der Waals surface area contributed by atoms with Crippen LogP contribution < -0.4 is 5.32 Å². The van der Waals surface area contributed by atoms with Crippen molar-refractivity contribution in [3.63, 3.8) is 0 Å². The summed E-state index contributed by atoms with van der Waals surface area (Å²) in [5, 5.41) is 13.0. The molecule has 0 unspecified atom stereocenters. The van der Waals surface area contributed by atoms with Gasteiger partial charge in [0.25, 0.3) is 0 Å². The molecule has 1 aliphatic heterocycles. The zero-order chi connectivity index (χ0) is 28.4. The highest BCUT2D eigenvalue weighted by Gasteiger charge is 2.27. The number of thioether (sulfide) groups is 1. The van der Waals surface area contributed by atoms with Crippen LogP contribution in [-0.4, -0.2) is 69.9 Å². The minimum absolute atomic E-state index is 0.181. The molecule has 1 fully saturated rings. The number of benzene rings is 3. The van der Waals surface area contributed by atoms with Crippen molar-refractivity contribution in [2.24, 2.45) is 0 Å². The maximum absolute atomic E-state index is 13.2. The summed E-state index contributed by atoms with van der Waals surface area (Å²) in [6.07, 6.45) is 1.92. The second-order valence-electron chi connectivity index (χ2n) is 9.52. The van der Waals surface area contributed by atoms with Gasteiger partial charge < -0.3 is 15.0 Å². The number of amides is 1. The Labute approximate surface area is 241 Å². The molecule has 1 saturated heterocycles. The summed E-state index contributed by atoms with van der Waals surface area (Å²) in [5.74, 6) is 0.427. The van der Waals surface area contributed by atoms with E-state index in [1.165, 1.54) is 28.2 Å². The highest BCUT2D eigenvalue weighted by molar-refractivity contribution is 8.00. The van der Waals surface area contributed by atoms with Gasteiger partial charge in [-0.05, 0) is 49.4 Å². The number of aromatic nitrogens is 4. The Balaban J connectivity index is 1.21. The summed E-state index contributed by atoms with van der Waals surface area (Å²) in [6.45, 7) is 3.21. The maximum Gasteiger partial charge on any atom is 0.243 e. The highest BCUT2D eigenvalue weighted by atomic mass is 32.2. The van der Waals surface area contributed by atoms with E-state index in [2.05, 4.69) is 20.5 Å². The van der Waals surface area contributed by atoms with Crippen molar-refractivity contribution in [1.29, 1.82) is 0 Å². The van der Waals surface area contributed by atoms with Crippen molar-refractivity contribution >= 4 is 44.3 Å². The van der Waals surface area contributed by atoms with E-state index in [1.807, 2.05) is 65.4 Å². The molecule has 3 aromatic carbocycles. The number of hydrogen-bond acceptors (Lipinski definition) is 7. The van der Waals surface area contributed by atoms with Gasteiger partial charge in [-0.1, -0.05) is 48.2 Å². The van der Waals surface area contributed by atoms with Crippen LogP contribution in [0.3, 0.4) is 0 Å². The van der Waals surface area contributed by atoms with Crippen LogP contribution in [0.2, 0.25) is 0 Å². The minimum atomic E-state index is -3.61. The molecule has 0 saturated carbocycles. The average Bonchev–Trinajstić information content (AvgIpc) is 3.62. The normalized spacial score (nSPS) is 15.1. The van der Waals surface area contributed by atoms with E-state index in [0.717, 1.165) is 22.2 Å². The Morgan fingerprint density at radius 1 is 0.976 bits per heavy atom. The van der Waals surface area contributed by atoms with E-state index in [4.69, 9.17) is 4.74 Å². The van der Waals surface area contributed by atoms with Crippen LogP contribution >= 0.6 is 11.8 Å². The standard InChI is InChI=1S/C29H28N6O4S2/c1-20(28(36)31-21-11-13-23(14-12-21)41(37,38)34-15-17-39-18-16-34)40-29-33-32-27(35(29)22-7-3-2-4-8-22)25-19-30-26-10-6-5-9-24(25)26/h2-14,19-20,30H,15-18H2,1H3,(H,31,36)/t20-/m1/s1. The summed E-state index contributed by atoms with van der Waals surface area (Å²) < 4.78 is 34.4. The molecular weight excluding hydrogens is 560 g/mol. The van der Waals surface area contributed by atoms with Crippen LogP contribution in [0, 0.1) is 0 Å². The SMILES string of the molecule is C[C@@H](Sc1nnc(-c2c[nH]c3ccccc23)n1-c1ccccc1)C(=O)Nc1ccc(S(=O)(=O)N2CCOCC2)cc1. The molecule has 5 aromatic rings. The quantitative estimate of drug-likeness (QED) is 0.255. The first-order valence-electron chi connectivity index (χ1n) is 13.1.